The van der Waals surface area contributed by atoms with Crippen LogP contribution in [0.4, 0.5) is 11.4 Å². The van der Waals surface area contributed by atoms with Crippen LogP contribution in [0.5, 0.6) is 0 Å². The van der Waals surface area contributed by atoms with Crippen molar-refractivity contribution in [3.05, 3.63) is 28.9 Å². The average Bonchev–Trinajstić information content (AvgIpc) is 3.11. The number of imidazole rings is 1. The van der Waals surface area contributed by atoms with Gasteiger partial charge in [-0.25, -0.2) is 4.98 Å². The van der Waals surface area contributed by atoms with Gasteiger partial charge in [0.15, 0.2) is 15.3 Å². The third kappa shape index (κ3) is 2.26. The molecule has 0 amide bonds. The van der Waals surface area contributed by atoms with Crippen LogP contribution in [0.2, 0.25) is 5.15 Å². The van der Waals surface area contributed by atoms with E-state index in [2.05, 4.69) is 15.0 Å². The normalized spacial score (nSPS) is 16.2. The Morgan fingerprint density at radius 2 is 2.27 bits per heavy atom. The molecule has 0 aliphatic carbocycles. The molecule has 2 aromatic rings. The Morgan fingerprint density at radius 1 is 1.41 bits per heavy atom. The van der Waals surface area contributed by atoms with Gasteiger partial charge >= 0.3 is 0 Å². The smallest absolute Gasteiger partial charge is 0.280 e. The first-order valence-electron chi connectivity index (χ1n) is 6.83. The zero-order valence-corrected chi connectivity index (χ0v) is 13.9. The van der Waals surface area contributed by atoms with E-state index in [9.17, 15) is 8.42 Å². The Hall–Kier alpha value is -1.38. The Bertz CT molecular complexity index is 863. The minimum atomic E-state index is -3.76. The molecule has 2 N–H and O–H groups in total. The highest BCUT2D eigenvalue weighted by molar-refractivity contribution is 7.99. The van der Waals surface area contributed by atoms with Crippen LogP contribution in [0.25, 0.3) is 0 Å². The zero-order valence-electron chi connectivity index (χ0n) is 11.5. The molecule has 22 heavy (non-hydrogen) atoms. The molecule has 1 aromatic heterocycles. The number of fused-ring (bicyclic) bond motifs is 2. The van der Waals surface area contributed by atoms with Crippen LogP contribution in [0, 0.1) is 0 Å². The Morgan fingerprint density at radius 3 is 3.14 bits per heavy atom. The van der Waals surface area contributed by atoms with Gasteiger partial charge in [0, 0.05) is 30.2 Å². The lowest BCUT2D eigenvalue weighted by Gasteiger charge is -2.11. The Labute approximate surface area is 137 Å². The summed E-state index contributed by atoms with van der Waals surface area (Å²) in [6.45, 7) is 1.48. The molecule has 2 aliphatic rings. The highest BCUT2D eigenvalue weighted by Gasteiger charge is 2.30. The second-order valence-corrected chi connectivity index (χ2v) is 8.16. The van der Waals surface area contributed by atoms with Crippen LogP contribution in [0.1, 0.15) is 5.56 Å². The number of halogens is 1. The first-order chi connectivity index (χ1) is 10.5. The number of hydrogen-bond acceptors (Lipinski definition) is 5. The van der Waals surface area contributed by atoms with Crippen LogP contribution in [0.15, 0.2) is 28.4 Å². The summed E-state index contributed by atoms with van der Waals surface area (Å²) in [6.07, 6.45) is 0.893. The van der Waals surface area contributed by atoms with E-state index in [-0.39, 0.29) is 10.2 Å². The molecule has 0 radical (unpaired) electrons. The zero-order chi connectivity index (χ0) is 15.3. The lowest BCUT2D eigenvalue weighted by Crippen LogP contribution is -2.17. The molecule has 0 unspecified atom stereocenters. The van der Waals surface area contributed by atoms with E-state index in [1.165, 1.54) is 11.8 Å². The van der Waals surface area contributed by atoms with E-state index in [1.54, 1.807) is 10.6 Å². The summed E-state index contributed by atoms with van der Waals surface area (Å²) >= 11 is 7.54. The molecule has 0 saturated carbocycles. The lowest BCUT2D eigenvalue weighted by molar-refractivity contribution is 0.577. The molecule has 0 spiro atoms. The van der Waals surface area contributed by atoms with Crippen molar-refractivity contribution in [2.45, 2.75) is 23.1 Å². The summed E-state index contributed by atoms with van der Waals surface area (Å²) in [5, 5.41) is 3.98. The third-order valence-electron chi connectivity index (χ3n) is 3.71. The molecule has 116 valence electrons. The van der Waals surface area contributed by atoms with Crippen LogP contribution in [-0.4, -0.2) is 30.3 Å². The summed E-state index contributed by atoms with van der Waals surface area (Å²) < 4.78 is 29.6. The number of rotatable bonds is 3. The van der Waals surface area contributed by atoms with E-state index < -0.39 is 10.0 Å². The minimum absolute atomic E-state index is 0.0255. The maximum Gasteiger partial charge on any atom is 0.280 e. The van der Waals surface area contributed by atoms with Gasteiger partial charge in [0.05, 0.1) is 0 Å². The van der Waals surface area contributed by atoms with Crippen molar-refractivity contribution in [3.8, 4) is 0 Å². The number of sulfonamides is 1. The van der Waals surface area contributed by atoms with Gasteiger partial charge in [-0.2, -0.15) is 8.42 Å². The standard InChI is InChI=1S/C13H13ClN4O2S2/c14-11-12(18-5-6-21-13(18)16-11)22(19,20)17-9-1-2-10-8(7-9)3-4-15-10/h1-2,7,15,17H,3-6H2. The van der Waals surface area contributed by atoms with Gasteiger partial charge in [0.25, 0.3) is 10.0 Å². The fraction of sp³-hybridized carbons (Fsp3) is 0.308. The number of nitrogens with one attached hydrogen (secondary N) is 2. The van der Waals surface area contributed by atoms with E-state index in [0.717, 1.165) is 30.0 Å². The van der Waals surface area contributed by atoms with Gasteiger partial charge in [0.2, 0.25) is 0 Å². The highest BCUT2D eigenvalue weighted by Crippen LogP contribution is 2.34. The molecular formula is C13H13ClN4O2S2. The van der Waals surface area contributed by atoms with Gasteiger partial charge in [-0.1, -0.05) is 23.4 Å². The summed E-state index contributed by atoms with van der Waals surface area (Å²) in [4.78, 5) is 4.12. The Kier molecular flexibility index (Phi) is 3.28. The summed E-state index contributed by atoms with van der Waals surface area (Å²) in [6, 6.07) is 5.49. The van der Waals surface area contributed by atoms with Crippen molar-refractivity contribution in [2.24, 2.45) is 0 Å². The predicted molar refractivity (Wildman–Crippen MR) is 87.4 cm³/mol. The molecule has 1 aromatic carbocycles. The molecule has 0 saturated heterocycles. The van der Waals surface area contributed by atoms with Crippen molar-refractivity contribution in [3.63, 3.8) is 0 Å². The largest absolute Gasteiger partial charge is 0.384 e. The molecular weight excluding hydrogens is 344 g/mol. The highest BCUT2D eigenvalue weighted by atomic mass is 35.5. The van der Waals surface area contributed by atoms with E-state index in [4.69, 9.17) is 11.6 Å². The first-order valence-corrected chi connectivity index (χ1v) is 9.68. The van der Waals surface area contributed by atoms with Crippen molar-refractivity contribution in [2.75, 3.05) is 22.3 Å². The van der Waals surface area contributed by atoms with Gasteiger partial charge in [-0.3, -0.25) is 4.72 Å². The van der Waals surface area contributed by atoms with Crippen molar-refractivity contribution in [1.29, 1.82) is 0 Å². The molecule has 4 rings (SSSR count). The number of thioether (sulfide) groups is 1. The second-order valence-electron chi connectivity index (χ2n) is 5.14. The number of nitrogens with zero attached hydrogens (tertiary/aromatic N) is 2. The average molecular weight is 357 g/mol. The lowest BCUT2D eigenvalue weighted by atomic mass is 10.1. The monoisotopic (exact) mass is 356 g/mol. The van der Waals surface area contributed by atoms with Crippen LogP contribution in [-0.2, 0) is 23.0 Å². The first kappa shape index (κ1) is 14.2. The van der Waals surface area contributed by atoms with Gasteiger partial charge in [0.1, 0.15) is 0 Å². The summed E-state index contributed by atoms with van der Waals surface area (Å²) in [5.41, 5.74) is 2.71. The number of aromatic nitrogens is 2. The van der Waals surface area contributed by atoms with E-state index >= 15 is 0 Å². The van der Waals surface area contributed by atoms with Crippen molar-refractivity contribution in [1.82, 2.24) is 9.55 Å². The molecule has 0 atom stereocenters. The fourth-order valence-electron chi connectivity index (χ4n) is 2.75. The molecule has 0 bridgehead atoms. The quantitative estimate of drug-likeness (QED) is 0.883. The topological polar surface area (TPSA) is 76.0 Å². The summed E-state index contributed by atoms with van der Waals surface area (Å²) in [5.74, 6) is 0.812. The van der Waals surface area contributed by atoms with Crippen LogP contribution >= 0.6 is 23.4 Å². The third-order valence-corrected chi connectivity index (χ3v) is 6.47. The maximum absolute atomic E-state index is 12.7. The molecule has 9 heteroatoms. The van der Waals surface area contributed by atoms with Gasteiger partial charge in [-0.15, -0.1) is 0 Å². The second kappa shape index (κ2) is 5.07. The van der Waals surface area contributed by atoms with Gasteiger partial charge in [-0.05, 0) is 30.2 Å². The Balaban J connectivity index is 1.70. The molecule has 6 nitrogen and oxygen atoms in total. The minimum Gasteiger partial charge on any atom is -0.384 e. The van der Waals surface area contributed by atoms with Crippen molar-refractivity contribution < 1.29 is 8.42 Å². The number of benzene rings is 1. The molecule has 2 aliphatic heterocycles. The summed E-state index contributed by atoms with van der Waals surface area (Å²) in [7, 11) is -3.76. The number of hydrogen-bond donors (Lipinski definition) is 2. The predicted octanol–water partition coefficient (Wildman–Crippen LogP) is 2.41. The van der Waals surface area contributed by atoms with E-state index in [1.807, 2.05) is 12.1 Å². The van der Waals surface area contributed by atoms with Crippen molar-refractivity contribution >= 4 is 44.8 Å². The fourth-order valence-corrected chi connectivity index (χ4v) is 5.57. The molecule has 0 fully saturated rings. The number of anilines is 2. The molecule has 3 heterocycles. The SMILES string of the molecule is O=S(=O)(Nc1ccc2c(c1)CCN2)c1c(Cl)nc2n1CCS2. The van der Waals surface area contributed by atoms with Crippen LogP contribution in [0.3, 0.4) is 0 Å². The van der Waals surface area contributed by atoms with Crippen LogP contribution < -0.4 is 10.0 Å². The van der Waals surface area contributed by atoms with E-state index in [0.29, 0.717) is 17.4 Å². The van der Waals surface area contributed by atoms with Gasteiger partial charge < -0.3 is 9.88 Å². The maximum atomic E-state index is 12.7.